The Balaban J connectivity index is 1.60. The van der Waals surface area contributed by atoms with Gasteiger partial charge in [-0.1, -0.05) is 121 Å². The second-order valence-corrected chi connectivity index (χ2v) is 9.23. The average molecular weight is 462 g/mol. The van der Waals surface area contributed by atoms with Crippen LogP contribution in [0.5, 0.6) is 0 Å². The molecule has 0 saturated carbocycles. The molecule has 2 atom stereocenters. The minimum atomic E-state index is -0.909. The molecule has 4 aromatic rings. The molecule has 0 N–H and O–H groups in total. The molecule has 0 aliphatic carbocycles. The summed E-state index contributed by atoms with van der Waals surface area (Å²) in [5.41, 5.74) is 3.37. The Kier molecular flexibility index (Phi) is 6.89. The maximum Gasteiger partial charge on any atom is 0.164 e. The Labute approximate surface area is 208 Å². The van der Waals surface area contributed by atoms with E-state index in [0.29, 0.717) is 6.42 Å². The molecule has 0 radical (unpaired) electrons. The van der Waals surface area contributed by atoms with E-state index in [2.05, 4.69) is 72.5 Å². The summed E-state index contributed by atoms with van der Waals surface area (Å²) in [6.45, 7) is 3.66. The molecule has 176 valence electrons. The van der Waals surface area contributed by atoms with Crippen LogP contribution < -0.4 is 0 Å². The minimum Gasteiger partial charge on any atom is -0.348 e. The molecule has 1 fully saturated rings. The van der Waals surface area contributed by atoms with Gasteiger partial charge in [-0.15, -0.1) is 0 Å². The zero-order valence-corrected chi connectivity index (χ0v) is 20.1. The lowest BCUT2D eigenvalue weighted by molar-refractivity contribution is -0.152. The van der Waals surface area contributed by atoms with Gasteiger partial charge in [0.2, 0.25) is 0 Å². The van der Waals surface area contributed by atoms with Gasteiger partial charge in [0.25, 0.3) is 0 Å². The number of nitrogens with zero attached hydrogens (tertiary/aromatic N) is 1. The van der Waals surface area contributed by atoms with Crippen LogP contribution in [0.15, 0.2) is 121 Å². The van der Waals surface area contributed by atoms with Crippen molar-refractivity contribution < 1.29 is 9.53 Å². The van der Waals surface area contributed by atoms with Crippen LogP contribution in [0.4, 0.5) is 0 Å². The van der Waals surface area contributed by atoms with E-state index < -0.39 is 11.7 Å². The van der Waals surface area contributed by atoms with Crippen LogP contribution in [0, 0.1) is 0 Å². The summed E-state index contributed by atoms with van der Waals surface area (Å²) in [6.07, 6.45) is -0.0795. The van der Waals surface area contributed by atoms with E-state index >= 15 is 0 Å². The number of rotatable bonds is 7. The Bertz CT molecular complexity index is 1130. The molecular formula is C32H31NO2. The van der Waals surface area contributed by atoms with Crippen molar-refractivity contribution in [3.63, 3.8) is 0 Å². The highest BCUT2D eigenvalue weighted by atomic mass is 16.5. The lowest BCUT2D eigenvalue weighted by Gasteiger charge is -2.44. The Hall–Kier alpha value is -3.53. The molecule has 3 heteroatoms. The fraction of sp³-hybridized carbons (Fsp3) is 0.219. The van der Waals surface area contributed by atoms with Gasteiger partial charge < -0.3 is 4.74 Å². The molecular weight excluding hydrogens is 430 g/mol. The number of carbonyl (C=O) groups excluding carboxylic acids is 1. The smallest absolute Gasteiger partial charge is 0.164 e. The number of piperidine rings is 1. The van der Waals surface area contributed by atoms with E-state index in [1.807, 2.05) is 60.7 Å². The summed E-state index contributed by atoms with van der Waals surface area (Å²) in [6, 6.07) is 41.2. The third-order valence-electron chi connectivity index (χ3n) is 7.05. The topological polar surface area (TPSA) is 29.5 Å². The van der Waals surface area contributed by atoms with Crippen LogP contribution in [0.2, 0.25) is 0 Å². The SMILES string of the molecule is CC1C(OC(c2ccccc2)(c2ccccc2)c2ccccc2)C(=O)CCN1Cc1ccccc1. The first kappa shape index (κ1) is 23.2. The van der Waals surface area contributed by atoms with Gasteiger partial charge in [-0.05, 0) is 29.2 Å². The molecule has 0 bridgehead atoms. The van der Waals surface area contributed by atoms with Crippen molar-refractivity contribution in [3.05, 3.63) is 144 Å². The number of Topliss-reactive ketones (excluding diaryl/α,β-unsaturated/α-hetero) is 1. The van der Waals surface area contributed by atoms with Crippen LogP contribution in [-0.4, -0.2) is 29.4 Å². The lowest BCUT2D eigenvalue weighted by atomic mass is 9.79. The first-order valence-corrected chi connectivity index (χ1v) is 12.3. The minimum absolute atomic E-state index is 0.0630. The largest absolute Gasteiger partial charge is 0.348 e. The summed E-state index contributed by atoms with van der Waals surface area (Å²) >= 11 is 0. The molecule has 1 heterocycles. The fourth-order valence-electron chi connectivity index (χ4n) is 5.18. The van der Waals surface area contributed by atoms with E-state index in [0.717, 1.165) is 29.8 Å². The van der Waals surface area contributed by atoms with Gasteiger partial charge in [0.15, 0.2) is 5.78 Å². The monoisotopic (exact) mass is 461 g/mol. The number of carbonyl (C=O) groups is 1. The molecule has 1 aliphatic rings. The quantitative estimate of drug-likeness (QED) is 0.306. The number of ether oxygens (including phenoxy) is 1. The van der Waals surface area contributed by atoms with Crippen LogP contribution in [-0.2, 0) is 21.7 Å². The summed E-state index contributed by atoms with van der Waals surface area (Å²) in [7, 11) is 0. The average Bonchev–Trinajstić information content (AvgIpc) is 2.93. The van der Waals surface area contributed by atoms with E-state index in [-0.39, 0.29) is 11.8 Å². The molecule has 1 aliphatic heterocycles. The first-order chi connectivity index (χ1) is 17.2. The second-order valence-electron chi connectivity index (χ2n) is 9.23. The van der Waals surface area contributed by atoms with Crippen molar-refractivity contribution >= 4 is 5.78 Å². The summed E-state index contributed by atoms with van der Waals surface area (Å²) in [5.74, 6) is 0.161. The lowest BCUT2D eigenvalue weighted by Crippen LogP contribution is -2.55. The van der Waals surface area contributed by atoms with Crippen molar-refractivity contribution in [2.75, 3.05) is 6.54 Å². The number of ketones is 1. The zero-order valence-electron chi connectivity index (χ0n) is 20.1. The third kappa shape index (κ3) is 4.70. The number of hydrogen-bond acceptors (Lipinski definition) is 3. The normalized spacial score (nSPS) is 18.9. The molecule has 0 aromatic heterocycles. The molecule has 0 amide bonds. The summed E-state index contributed by atoms with van der Waals surface area (Å²) in [4.78, 5) is 15.8. The predicted octanol–water partition coefficient (Wildman–Crippen LogP) is 6.23. The standard InChI is InChI=1S/C32H31NO2/c1-25-31(30(34)22-23-33(25)24-26-14-6-2-7-15-26)35-32(27-16-8-3-9-17-27,28-18-10-4-11-19-28)29-20-12-5-13-21-29/h2-21,25,31H,22-24H2,1H3. The van der Waals surface area contributed by atoms with Gasteiger partial charge in [0.1, 0.15) is 11.7 Å². The van der Waals surface area contributed by atoms with Gasteiger partial charge in [0, 0.05) is 25.6 Å². The maximum absolute atomic E-state index is 13.4. The zero-order chi connectivity index (χ0) is 24.1. The van der Waals surface area contributed by atoms with Gasteiger partial charge in [-0.2, -0.15) is 0 Å². The number of likely N-dealkylation sites (tertiary alicyclic amines) is 1. The Morgan fingerprint density at radius 1 is 0.714 bits per heavy atom. The Morgan fingerprint density at radius 2 is 1.14 bits per heavy atom. The van der Waals surface area contributed by atoms with Crippen LogP contribution in [0.25, 0.3) is 0 Å². The van der Waals surface area contributed by atoms with E-state index in [9.17, 15) is 4.79 Å². The van der Waals surface area contributed by atoms with Crippen molar-refractivity contribution in [1.29, 1.82) is 0 Å². The number of benzene rings is 4. The van der Waals surface area contributed by atoms with Gasteiger partial charge in [-0.3, -0.25) is 9.69 Å². The molecule has 5 rings (SSSR count). The van der Waals surface area contributed by atoms with Crippen LogP contribution >= 0.6 is 0 Å². The molecule has 3 nitrogen and oxygen atoms in total. The highest BCUT2D eigenvalue weighted by molar-refractivity contribution is 5.85. The fourth-order valence-corrected chi connectivity index (χ4v) is 5.18. The van der Waals surface area contributed by atoms with Gasteiger partial charge >= 0.3 is 0 Å². The summed E-state index contributed by atoms with van der Waals surface area (Å²) in [5, 5.41) is 0. The van der Waals surface area contributed by atoms with Crippen molar-refractivity contribution in [1.82, 2.24) is 4.90 Å². The first-order valence-electron chi connectivity index (χ1n) is 12.3. The van der Waals surface area contributed by atoms with E-state index in [1.165, 1.54) is 5.56 Å². The van der Waals surface area contributed by atoms with Gasteiger partial charge in [0.05, 0.1) is 0 Å². The number of hydrogen-bond donors (Lipinski definition) is 0. The molecule has 35 heavy (non-hydrogen) atoms. The molecule has 2 unspecified atom stereocenters. The van der Waals surface area contributed by atoms with Crippen LogP contribution in [0.3, 0.4) is 0 Å². The van der Waals surface area contributed by atoms with Gasteiger partial charge in [-0.25, -0.2) is 0 Å². The predicted molar refractivity (Wildman–Crippen MR) is 140 cm³/mol. The molecule has 1 saturated heterocycles. The maximum atomic E-state index is 13.4. The molecule has 0 spiro atoms. The summed E-state index contributed by atoms with van der Waals surface area (Å²) < 4.78 is 7.14. The van der Waals surface area contributed by atoms with E-state index in [1.54, 1.807) is 0 Å². The highest BCUT2D eigenvalue weighted by Crippen LogP contribution is 2.42. The molecule has 4 aromatic carbocycles. The highest BCUT2D eigenvalue weighted by Gasteiger charge is 2.45. The van der Waals surface area contributed by atoms with Crippen molar-refractivity contribution in [2.45, 2.75) is 37.6 Å². The van der Waals surface area contributed by atoms with Crippen LogP contribution in [0.1, 0.15) is 35.6 Å². The van der Waals surface area contributed by atoms with Crippen molar-refractivity contribution in [3.8, 4) is 0 Å². The van der Waals surface area contributed by atoms with E-state index in [4.69, 9.17) is 4.74 Å². The Morgan fingerprint density at radius 3 is 1.60 bits per heavy atom. The second kappa shape index (κ2) is 10.4. The third-order valence-corrected chi connectivity index (χ3v) is 7.05. The van der Waals surface area contributed by atoms with Crippen molar-refractivity contribution in [2.24, 2.45) is 0 Å².